The Hall–Kier alpha value is 0.510. The van der Waals surface area contributed by atoms with E-state index in [2.05, 4.69) is 0 Å². The van der Waals surface area contributed by atoms with E-state index in [0.29, 0.717) is 0 Å². The molecule has 6 heteroatoms. The molecule has 2 unspecified atom stereocenters. The fourth-order valence-corrected chi connectivity index (χ4v) is 0.860. The minimum Gasteiger partial charge on any atom is -0.595 e. The van der Waals surface area contributed by atoms with E-state index in [1.54, 1.807) is 0 Å². The van der Waals surface area contributed by atoms with Crippen molar-refractivity contribution >= 4 is 8.03 Å². The second kappa shape index (κ2) is 5.20. The first-order valence-electron chi connectivity index (χ1n) is 2.23. The average molecular weight is 170 g/mol. The van der Waals surface area contributed by atoms with E-state index in [9.17, 15) is 9.46 Å². The zero-order valence-corrected chi connectivity index (χ0v) is 8.76. The number of hydrogen-bond acceptors (Lipinski definition) is 4. The third kappa shape index (κ3) is 6.63. The van der Waals surface area contributed by atoms with Crippen molar-refractivity contribution in [3.8, 4) is 6.07 Å². The standard InChI is InChI=1S/C4H6NO3P.Na/c1-4(6,2-5)3-9(7)8;/h6H,3H2,1H3;/q;+1. The Morgan fingerprint density at radius 2 is 2.30 bits per heavy atom. The van der Waals surface area contributed by atoms with E-state index in [1.165, 1.54) is 6.07 Å². The van der Waals surface area contributed by atoms with Gasteiger partial charge in [0.05, 0.1) is 0 Å². The van der Waals surface area contributed by atoms with Crippen LogP contribution in [0.4, 0.5) is 0 Å². The predicted octanol–water partition coefficient (Wildman–Crippen LogP) is -3.63. The van der Waals surface area contributed by atoms with Gasteiger partial charge in [-0.15, -0.1) is 0 Å². The van der Waals surface area contributed by atoms with Crippen molar-refractivity contribution in [3.05, 3.63) is 0 Å². The largest absolute Gasteiger partial charge is 1.00 e. The maximum Gasteiger partial charge on any atom is 1.00 e. The fourth-order valence-electron chi connectivity index (χ4n) is 0.287. The van der Waals surface area contributed by atoms with Crippen LogP contribution in [0.15, 0.2) is 0 Å². The van der Waals surface area contributed by atoms with E-state index in [0.717, 1.165) is 6.92 Å². The molecular formula is C4H6NNaO3P+. The quantitative estimate of drug-likeness (QED) is 0.263. The minimum absolute atomic E-state index is 0. The first-order valence-corrected chi connectivity index (χ1v) is 3.59. The summed E-state index contributed by atoms with van der Waals surface area (Å²) in [6.45, 7) is 1.15. The molecule has 0 amide bonds. The van der Waals surface area contributed by atoms with Gasteiger partial charge in [0.1, 0.15) is 6.07 Å². The van der Waals surface area contributed by atoms with Crippen molar-refractivity contribution in [2.75, 3.05) is 6.16 Å². The second-order valence-electron chi connectivity index (χ2n) is 1.88. The number of aliphatic hydroxyl groups is 1. The Bertz CT molecular complexity index is 164. The minimum atomic E-state index is -2.67. The molecule has 0 spiro atoms. The second-order valence-corrected chi connectivity index (χ2v) is 2.86. The van der Waals surface area contributed by atoms with E-state index in [1.807, 2.05) is 0 Å². The van der Waals surface area contributed by atoms with Crippen molar-refractivity contribution < 1.29 is 44.1 Å². The average Bonchev–Trinajstić information content (AvgIpc) is 1.63. The van der Waals surface area contributed by atoms with Crippen molar-refractivity contribution in [2.24, 2.45) is 0 Å². The van der Waals surface area contributed by atoms with Crippen molar-refractivity contribution in [1.29, 1.82) is 5.26 Å². The monoisotopic (exact) mass is 170 g/mol. The molecule has 0 aliphatic rings. The van der Waals surface area contributed by atoms with Crippen molar-refractivity contribution in [3.63, 3.8) is 0 Å². The third-order valence-electron chi connectivity index (χ3n) is 0.678. The molecule has 4 nitrogen and oxygen atoms in total. The number of nitriles is 1. The van der Waals surface area contributed by atoms with Crippen LogP contribution in [0.2, 0.25) is 0 Å². The topological polar surface area (TPSA) is 84.1 Å². The normalized spacial score (nSPS) is 16.0. The number of rotatable bonds is 2. The summed E-state index contributed by atoms with van der Waals surface area (Å²) in [5, 5.41) is 16.8. The summed E-state index contributed by atoms with van der Waals surface area (Å²) in [7, 11) is -2.67. The molecule has 0 heterocycles. The molecule has 0 bridgehead atoms. The third-order valence-corrected chi connectivity index (χ3v) is 1.55. The molecule has 0 fully saturated rings. The van der Waals surface area contributed by atoms with Gasteiger partial charge in [0.2, 0.25) is 0 Å². The molecule has 0 radical (unpaired) electrons. The van der Waals surface area contributed by atoms with Gasteiger partial charge in [-0.3, -0.25) is 0 Å². The maximum atomic E-state index is 9.90. The summed E-state index contributed by atoms with van der Waals surface area (Å²) < 4.78 is 9.90. The summed E-state index contributed by atoms with van der Waals surface area (Å²) in [6.07, 6.45) is -0.501. The zero-order chi connectivity index (χ0) is 7.49. The molecule has 0 saturated heterocycles. The van der Waals surface area contributed by atoms with Gasteiger partial charge in [-0.2, -0.15) is 5.26 Å². The first-order chi connectivity index (χ1) is 3.98. The van der Waals surface area contributed by atoms with Crippen LogP contribution < -0.4 is 34.5 Å². The first kappa shape index (κ1) is 13.1. The molecule has 0 rings (SSSR count). The van der Waals surface area contributed by atoms with Crippen LogP contribution in [0.5, 0.6) is 0 Å². The van der Waals surface area contributed by atoms with Gasteiger partial charge in [-0.1, -0.05) is 4.57 Å². The summed E-state index contributed by atoms with van der Waals surface area (Å²) in [6, 6.07) is 1.44. The van der Waals surface area contributed by atoms with Crippen LogP contribution in [-0.4, -0.2) is 16.9 Å². The van der Waals surface area contributed by atoms with Gasteiger partial charge in [0.15, 0.2) is 11.8 Å². The van der Waals surface area contributed by atoms with Crippen molar-refractivity contribution in [2.45, 2.75) is 12.5 Å². The molecule has 0 aliphatic heterocycles. The number of nitrogens with zero attached hydrogens (tertiary/aromatic N) is 1. The summed E-state index contributed by atoms with van der Waals surface area (Å²) >= 11 is 0. The molecule has 50 valence electrons. The molecule has 2 atom stereocenters. The smallest absolute Gasteiger partial charge is 0.595 e. The Kier molecular flexibility index (Phi) is 6.82. The van der Waals surface area contributed by atoms with Gasteiger partial charge in [-0.05, 0) is 6.92 Å². The van der Waals surface area contributed by atoms with Gasteiger partial charge in [-0.25, -0.2) is 0 Å². The van der Waals surface area contributed by atoms with Crippen LogP contribution in [0.1, 0.15) is 6.92 Å². The van der Waals surface area contributed by atoms with E-state index >= 15 is 0 Å². The van der Waals surface area contributed by atoms with Gasteiger partial charge in [0, 0.05) is 0 Å². The van der Waals surface area contributed by atoms with Crippen LogP contribution >= 0.6 is 8.03 Å². The summed E-state index contributed by atoms with van der Waals surface area (Å²) in [4.78, 5) is 9.90. The van der Waals surface area contributed by atoms with Crippen molar-refractivity contribution in [1.82, 2.24) is 0 Å². The predicted molar refractivity (Wildman–Crippen MR) is 28.7 cm³/mol. The Labute approximate surface area is 82.0 Å². The van der Waals surface area contributed by atoms with Gasteiger partial charge in [0.25, 0.3) is 0 Å². The van der Waals surface area contributed by atoms with Crippen LogP contribution in [0.25, 0.3) is 0 Å². The summed E-state index contributed by atoms with van der Waals surface area (Å²) in [5.41, 5.74) is -1.73. The van der Waals surface area contributed by atoms with E-state index in [4.69, 9.17) is 10.4 Å². The van der Waals surface area contributed by atoms with Crippen LogP contribution in [0, 0.1) is 11.3 Å². The Balaban J connectivity index is 0. The van der Waals surface area contributed by atoms with Gasteiger partial charge < -0.3 is 10.00 Å². The summed E-state index contributed by atoms with van der Waals surface area (Å²) in [5.74, 6) is 0. The molecule has 0 aromatic heterocycles. The zero-order valence-electron chi connectivity index (χ0n) is 5.87. The molecule has 0 saturated carbocycles. The van der Waals surface area contributed by atoms with Crippen LogP contribution in [0.3, 0.4) is 0 Å². The SMILES string of the molecule is CC(O)(C#N)C[P+](=O)[O-].[Na+]. The molecule has 0 aromatic carbocycles. The molecule has 0 aromatic rings. The van der Waals surface area contributed by atoms with Crippen LogP contribution in [-0.2, 0) is 4.57 Å². The Morgan fingerprint density at radius 1 is 1.90 bits per heavy atom. The molecular weight excluding hydrogens is 164 g/mol. The maximum absolute atomic E-state index is 9.90. The van der Waals surface area contributed by atoms with Gasteiger partial charge >= 0.3 is 37.6 Å². The molecule has 1 N–H and O–H groups in total. The molecule has 0 aliphatic carbocycles. The van der Waals surface area contributed by atoms with E-state index < -0.39 is 19.8 Å². The van der Waals surface area contributed by atoms with E-state index in [-0.39, 0.29) is 29.6 Å². The number of hydrogen-bond donors (Lipinski definition) is 1. The Morgan fingerprint density at radius 3 is 2.40 bits per heavy atom. The molecule has 10 heavy (non-hydrogen) atoms. The fraction of sp³-hybridized carbons (Fsp3) is 0.750.